The van der Waals surface area contributed by atoms with Crippen molar-refractivity contribution in [2.75, 3.05) is 158 Å². The Labute approximate surface area is 739 Å². The molecule has 2 amide bonds. The molecule has 0 radical (unpaired) electrons. The highest BCUT2D eigenvalue weighted by Gasteiger charge is 2.53. The number of methoxy groups -OCH3 is 2. The van der Waals surface area contributed by atoms with Gasteiger partial charge >= 0.3 is 5.97 Å². The number of oxazole rings is 1. The first kappa shape index (κ1) is 103. The van der Waals surface area contributed by atoms with Crippen LogP contribution in [-0.4, -0.2) is 287 Å². The molecule has 0 spiro atoms. The second-order valence-electron chi connectivity index (χ2n) is 33.0. The smallest absolute Gasteiger partial charge is 0.329 e. The van der Waals surface area contributed by atoms with Gasteiger partial charge in [-0.2, -0.15) is 15.2 Å². The Kier molecular flexibility index (Phi) is 45.5. The number of aliphatic hydroxyl groups excluding tert-OH is 2. The average Bonchev–Trinajstić information content (AvgIpc) is 1.65. The number of unbranched alkanes of at least 4 members (excludes halogenated alkanes) is 2. The number of rotatable bonds is 46. The van der Waals surface area contributed by atoms with Gasteiger partial charge in [-0.3, -0.25) is 24.0 Å². The van der Waals surface area contributed by atoms with E-state index in [9.17, 15) is 44.1 Å². The molecule has 6 heterocycles. The zero-order valence-corrected chi connectivity index (χ0v) is 74.9. The third-order valence-electron chi connectivity index (χ3n) is 23.4. The monoisotopic (exact) mass is 1770 g/mol. The van der Waals surface area contributed by atoms with Crippen LogP contribution in [0, 0.1) is 35.1 Å². The largest absolute Gasteiger partial charge is 0.459 e. The molecule has 1 saturated carbocycles. The second kappa shape index (κ2) is 55.6. The summed E-state index contributed by atoms with van der Waals surface area (Å²) < 4.78 is 82.7. The maximum Gasteiger partial charge on any atom is 0.329 e. The molecule has 3 aliphatic heterocycles. The topological polar surface area (TPSA) is 494 Å². The van der Waals surface area contributed by atoms with Gasteiger partial charge < -0.3 is 114 Å². The molecular weight excluding hydrogens is 1630 g/mol. The van der Waals surface area contributed by atoms with Crippen molar-refractivity contribution >= 4 is 69.1 Å². The lowest BCUT2D eigenvalue weighted by molar-refractivity contribution is -0.265. The van der Waals surface area contributed by atoms with Gasteiger partial charge in [-0.05, 0) is 151 Å². The normalized spacial score (nSPS) is 26.7. The number of Topliss-reactive ketones (excluding diaryl/α,β-unsaturated/α-hetero) is 3. The van der Waals surface area contributed by atoms with E-state index in [1.54, 1.807) is 51.9 Å². The van der Waals surface area contributed by atoms with Gasteiger partial charge in [0.05, 0.1) is 141 Å². The fraction of sp³-hybridized carbons (Fsp3) is 0.689. The van der Waals surface area contributed by atoms with Crippen molar-refractivity contribution in [2.24, 2.45) is 40.4 Å². The number of carbonyl (C=O) groups is 6. The van der Waals surface area contributed by atoms with E-state index in [1.807, 2.05) is 56.4 Å². The number of cyclic esters (lactones) is 1. The minimum Gasteiger partial charge on any atom is -0.459 e. The Morgan fingerprint density at radius 1 is 0.730 bits per heavy atom. The number of ether oxygens (including phenoxy) is 13. The number of fused-ring (bicyclic) bond motifs is 5. The van der Waals surface area contributed by atoms with Gasteiger partial charge in [0.1, 0.15) is 53.5 Å². The van der Waals surface area contributed by atoms with Gasteiger partial charge in [0.2, 0.25) is 11.7 Å². The third kappa shape index (κ3) is 33.3. The predicted octanol–water partition coefficient (Wildman–Crippen LogP) is 8.11. The van der Waals surface area contributed by atoms with E-state index in [0.717, 1.165) is 35.3 Å². The number of benzene rings is 1. The number of ketones is 3. The first-order valence-corrected chi connectivity index (χ1v) is 44.7. The van der Waals surface area contributed by atoms with Crippen LogP contribution in [0.4, 0.5) is 11.8 Å². The van der Waals surface area contributed by atoms with Crippen LogP contribution in [0.15, 0.2) is 93.6 Å². The SMILES string of the molecule is CO[C@H]1C[C@@H]2CC[C@@H](C)[C@@](O)(O2)C(=O)C(=O)N2CCCC[C@H]2C(=O)O[C@H]([C@H](N)C[C@@H]2CC[C@@H](OCCCC/C(=C/NCCOCCOCCOCCOCCOCCOCCOCCOCCC(=O)NCCCCn3nc(-c4ccc5oc(N)nc5c4)c4c(N)ncnc43)N=N)[C@H](OC)C2)CC(=O)[C@H](C)/C=C(\C)[C@@H](O)[C@@H](O)C(=O)[C@H](C)C[C@H](C)/C=C/C=C/C=C/1C. The molecule has 2 saturated heterocycles. The number of allylic oxidation sites excluding steroid dienone is 7. The molecule has 8 rings (SSSR count). The second-order valence-corrected chi connectivity index (χ2v) is 33.0. The van der Waals surface area contributed by atoms with E-state index >= 15 is 0 Å². The van der Waals surface area contributed by atoms with Gasteiger partial charge in [0.15, 0.2) is 17.0 Å². The summed E-state index contributed by atoms with van der Waals surface area (Å²) in [6.45, 7) is 18.8. The molecule has 1 aromatic carbocycles. The molecule has 2 bridgehead atoms. The van der Waals surface area contributed by atoms with Crippen molar-refractivity contribution in [1.29, 1.82) is 5.53 Å². The zero-order chi connectivity index (χ0) is 90.8. The van der Waals surface area contributed by atoms with Crippen LogP contribution in [-0.2, 0) is 96.9 Å². The summed E-state index contributed by atoms with van der Waals surface area (Å²) in [6.07, 6.45) is 15.9. The molecule has 702 valence electrons. The quantitative estimate of drug-likeness (QED) is 0.00663. The van der Waals surface area contributed by atoms with E-state index < -0.39 is 95.4 Å². The minimum atomic E-state index is -2.49. The molecule has 15 atom stereocenters. The number of hydrogen-bond donors (Lipinski definition) is 9. The molecule has 1 aliphatic carbocycles. The molecule has 4 aliphatic rings. The molecule has 3 aromatic heterocycles. The summed E-state index contributed by atoms with van der Waals surface area (Å²) >= 11 is 0. The highest BCUT2D eigenvalue weighted by atomic mass is 16.6. The number of piperidine rings is 1. The number of anilines is 2. The lowest BCUT2D eigenvalue weighted by Gasteiger charge is -2.42. The molecule has 126 heavy (non-hydrogen) atoms. The minimum absolute atomic E-state index is 0.0194. The van der Waals surface area contributed by atoms with Crippen LogP contribution in [0.2, 0.25) is 0 Å². The first-order valence-electron chi connectivity index (χ1n) is 44.7. The summed E-state index contributed by atoms with van der Waals surface area (Å²) in [5.41, 5.74) is 31.6. The van der Waals surface area contributed by atoms with Crippen LogP contribution < -0.4 is 27.8 Å². The number of aliphatic hydroxyl groups is 3. The van der Waals surface area contributed by atoms with Crippen molar-refractivity contribution < 1.29 is 110 Å². The Morgan fingerprint density at radius 2 is 1.40 bits per heavy atom. The Hall–Kier alpha value is -8.28. The first-order chi connectivity index (χ1) is 60.8. The van der Waals surface area contributed by atoms with Crippen LogP contribution in [0.1, 0.15) is 157 Å². The Balaban J connectivity index is 0.632. The zero-order valence-electron chi connectivity index (χ0n) is 74.9. The van der Waals surface area contributed by atoms with Crippen LogP contribution >= 0.6 is 0 Å². The van der Waals surface area contributed by atoms with E-state index in [1.165, 1.54) is 19.3 Å². The number of esters is 1. The van der Waals surface area contributed by atoms with Crippen LogP contribution in [0.3, 0.4) is 0 Å². The maximum absolute atomic E-state index is 14.7. The number of amides is 2. The highest BCUT2D eigenvalue weighted by molar-refractivity contribution is 6.39. The van der Waals surface area contributed by atoms with E-state index in [4.69, 9.17) is 93.8 Å². The van der Waals surface area contributed by atoms with Crippen LogP contribution in [0.5, 0.6) is 0 Å². The lowest BCUT2D eigenvalue weighted by Crippen LogP contribution is -2.61. The fourth-order valence-electron chi connectivity index (χ4n) is 16.0. The average molecular weight is 1770 g/mol. The Morgan fingerprint density at radius 3 is 2.07 bits per heavy atom. The number of nitrogens with zero attached hydrogens (tertiary/aromatic N) is 7. The molecule has 4 aromatic rings. The Bertz CT molecular complexity index is 4180. The van der Waals surface area contributed by atoms with Crippen molar-refractivity contribution in [2.45, 2.75) is 224 Å². The summed E-state index contributed by atoms with van der Waals surface area (Å²) in [5.74, 6) is -8.75. The number of carbonyl (C=O) groups excluding carboxylic acids is 6. The van der Waals surface area contributed by atoms with Gasteiger partial charge in [-0.25, -0.2) is 25.0 Å². The summed E-state index contributed by atoms with van der Waals surface area (Å²) in [7, 11) is 3.18. The molecule has 36 nitrogen and oxygen atoms in total. The summed E-state index contributed by atoms with van der Waals surface area (Å²) in [6, 6.07) is 3.42. The van der Waals surface area contributed by atoms with E-state index in [2.05, 4.69) is 30.7 Å². The number of aryl methyl sites for hydroxylation is 1. The van der Waals surface area contributed by atoms with E-state index in [0.29, 0.717) is 235 Å². The summed E-state index contributed by atoms with van der Waals surface area (Å²) in [5, 5.41) is 49.9. The third-order valence-corrected chi connectivity index (χ3v) is 23.4. The van der Waals surface area contributed by atoms with Gasteiger partial charge in [0, 0.05) is 102 Å². The molecule has 0 unspecified atom stereocenters. The van der Waals surface area contributed by atoms with Gasteiger partial charge in [0.25, 0.3) is 17.7 Å². The number of hydrogen-bond acceptors (Lipinski definition) is 33. The lowest BCUT2D eigenvalue weighted by atomic mass is 9.80. The van der Waals surface area contributed by atoms with Crippen molar-refractivity contribution in [3.8, 4) is 11.3 Å². The van der Waals surface area contributed by atoms with Crippen molar-refractivity contribution in [3.05, 3.63) is 84.0 Å². The number of nitrogens with one attached hydrogen (secondary N) is 3. The van der Waals surface area contributed by atoms with E-state index in [-0.39, 0.29) is 80.4 Å². The van der Waals surface area contributed by atoms with Gasteiger partial charge in [-0.15, -0.1) is 0 Å². The van der Waals surface area contributed by atoms with Crippen LogP contribution in [0.25, 0.3) is 33.4 Å². The maximum atomic E-state index is 14.7. The molecule has 36 heteroatoms. The van der Waals surface area contributed by atoms with Gasteiger partial charge in [-0.1, -0.05) is 64.2 Å². The summed E-state index contributed by atoms with van der Waals surface area (Å²) in [4.78, 5) is 97.9. The predicted molar refractivity (Wildman–Crippen MR) is 469 cm³/mol. The van der Waals surface area contributed by atoms with Crippen molar-refractivity contribution in [1.82, 2.24) is 40.3 Å². The standard InChI is InChI=1S/C90H139N13O23/c1-59-18-10-9-11-19-60(2)75(113-7)55-68-25-22-64(6)90(112,126-68)84(109)87(110)102-31-15-12-21-71(102)88(111)124-76(56-72(104)61(3)51-63(5)82(107)83(108)81(106)62(4)50-59)69(91)52-65-23-26-74(77(53-65)114-8)123-33-17-13-20-67(100-94)57-95-30-35-116-37-39-118-41-43-120-45-47-122-49-48-121-46-44-119-42-40-117-38-36-115-34-28-78(105)96-29-14-16-32-103-86-79(85(92)97-58-98-86)80(101-103)66-24-27-73-70(54-66)99-89(93)125-73/h9-11,18-19,24,27,51,54,57-59,61-62,64-65,68-69,71,74-77,82-83,94-95,107-108,112H,12-17,20-23,25-26,28-50,52-53,55-56,91H2,1-8H3,(H2,93,99)(H,96,105)(H2,92,97,98)/b11-9+,18-10+,60-19+,63-51+,67-57-,100-94?/t59-,61-,62-,64-,65+,68+,69-,71+,74-,75+,76+,77-,82-,83+,90-/m1/s1. The highest BCUT2D eigenvalue weighted by Crippen LogP contribution is 2.39. The molecular formula is C90H139N13O23. The number of nitrogens with two attached hydrogens (primary N) is 3. The fourth-order valence-corrected chi connectivity index (χ4v) is 16.0. The molecule has 3 fully saturated rings. The number of nitrogen functional groups attached to an aromatic ring is 2. The number of aromatic nitrogens is 5. The van der Waals surface area contributed by atoms with Crippen molar-refractivity contribution in [3.63, 3.8) is 0 Å². The molecule has 12 N–H and O–H groups in total.